The van der Waals surface area contributed by atoms with Crippen molar-refractivity contribution in [3.63, 3.8) is 0 Å². The minimum absolute atomic E-state index is 0.107. The molecule has 0 aliphatic rings. The zero-order valence-electron chi connectivity index (χ0n) is 10.7. The van der Waals surface area contributed by atoms with Crippen LogP contribution >= 0.6 is 11.3 Å². The molecule has 0 radical (unpaired) electrons. The van der Waals surface area contributed by atoms with Gasteiger partial charge in [0.2, 0.25) is 10.0 Å². The third kappa shape index (κ3) is 3.52. The van der Waals surface area contributed by atoms with Crippen LogP contribution in [0.25, 0.3) is 0 Å². The number of benzene rings is 1. The van der Waals surface area contributed by atoms with Crippen LogP contribution in [0.1, 0.15) is 16.3 Å². The lowest BCUT2D eigenvalue weighted by Gasteiger charge is -2.09. The number of aryl methyl sites for hydroxylation is 2. The van der Waals surface area contributed by atoms with Crippen molar-refractivity contribution < 1.29 is 8.42 Å². The van der Waals surface area contributed by atoms with Crippen molar-refractivity contribution in [1.29, 1.82) is 0 Å². The Morgan fingerprint density at radius 3 is 2.68 bits per heavy atom. The lowest BCUT2D eigenvalue weighted by atomic mass is 10.2. The number of nitrogens with one attached hydrogen (secondary N) is 1. The molecule has 0 amide bonds. The van der Waals surface area contributed by atoms with E-state index in [2.05, 4.69) is 10.3 Å². The fourth-order valence-electron chi connectivity index (χ4n) is 1.62. The van der Waals surface area contributed by atoms with Crippen molar-refractivity contribution in [2.45, 2.75) is 25.3 Å². The van der Waals surface area contributed by atoms with Gasteiger partial charge in [0.1, 0.15) is 5.01 Å². The third-order valence-corrected chi connectivity index (χ3v) is 4.51. The fourth-order valence-corrected chi connectivity index (χ4v) is 2.87. The maximum atomic E-state index is 11.3. The Morgan fingerprint density at radius 2 is 2.11 bits per heavy atom. The fraction of sp³-hybridized carbons (Fsp3) is 0.250. The molecule has 0 fully saturated rings. The van der Waals surface area contributed by atoms with Gasteiger partial charge in [0.15, 0.2) is 0 Å². The van der Waals surface area contributed by atoms with Crippen LogP contribution in [0.15, 0.2) is 28.5 Å². The Morgan fingerprint density at radius 1 is 1.37 bits per heavy atom. The number of primary sulfonamides is 1. The number of hydrogen-bond donors (Lipinski definition) is 2. The van der Waals surface area contributed by atoms with Gasteiger partial charge in [-0.1, -0.05) is 6.07 Å². The summed E-state index contributed by atoms with van der Waals surface area (Å²) in [6.45, 7) is 4.41. The summed E-state index contributed by atoms with van der Waals surface area (Å²) in [4.78, 5) is 4.45. The number of sulfonamides is 1. The largest absolute Gasteiger partial charge is 0.378 e. The second-order valence-corrected chi connectivity index (χ2v) is 6.76. The summed E-state index contributed by atoms with van der Waals surface area (Å²) in [5, 5.41) is 11.2. The number of aromatic nitrogens is 1. The van der Waals surface area contributed by atoms with Crippen LogP contribution in [-0.2, 0) is 16.6 Å². The first-order chi connectivity index (χ1) is 8.86. The molecule has 0 atom stereocenters. The predicted molar refractivity (Wildman–Crippen MR) is 76.7 cm³/mol. The van der Waals surface area contributed by atoms with E-state index in [1.54, 1.807) is 23.5 Å². The minimum Gasteiger partial charge on any atom is -0.378 e. The van der Waals surface area contributed by atoms with Crippen LogP contribution in [0, 0.1) is 13.8 Å². The van der Waals surface area contributed by atoms with Crippen molar-refractivity contribution in [2.75, 3.05) is 5.32 Å². The van der Waals surface area contributed by atoms with Crippen molar-refractivity contribution in [3.8, 4) is 0 Å². The van der Waals surface area contributed by atoms with Gasteiger partial charge in [0.25, 0.3) is 0 Å². The molecule has 0 spiro atoms. The SMILES string of the molecule is Cc1csc(CNc2cc(S(N)(=O)=O)ccc2C)n1. The maximum absolute atomic E-state index is 11.3. The summed E-state index contributed by atoms with van der Waals surface area (Å²) in [5.41, 5.74) is 2.69. The Labute approximate surface area is 116 Å². The number of anilines is 1. The Kier molecular flexibility index (Phi) is 3.88. The number of rotatable bonds is 4. The van der Waals surface area contributed by atoms with Crippen LogP contribution < -0.4 is 10.5 Å². The second-order valence-electron chi connectivity index (χ2n) is 4.26. The van der Waals surface area contributed by atoms with Gasteiger partial charge in [0, 0.05) is 16.8 Å². The standard InChI is InChI=1S/C12H15N3O2S2/c1-8-3-4-10(19(13,16)17)5-11(8)14-6-12-15-9(2)7-18-12/h3-5,7,14H,6H2,1-2H3,(H2,13,16,17). The summed E-state index contributed by atoms with van der Waals surface area (Å²) in [7, 11) is -3.67. The molecule has 7 heteroatoms. The highest BCUT2D eigenvalue weighted by atomic mass is 32.2. The molecule has 0 saturated heterocycles. The van der Waals surface area contributed by atoms with Crippen LogP contribution in [0.2, 0.25) is 0 Å². The number of thiazole rings is 1. The molecule has 0 saturated carbocycles. The van der Waals surface area contributed by atoms with Crippen molar-refractivity contribution in [3.05, 3.63) is 39.8 Å². The first-order valence-corrected chi connectivity index (χ1v) is 8.07. The van der Waals surface area contributed by atoms with Crippen molar-refractivity contribution >= 4 is 27.0 Å². The smallest absolute Gasteiger partial charge is 0.238 e. The molecule has 0 bridgehead atoms. The number of nitrogens with two attached hydrogens (primary N) is 1. The second kappa shape index (κ2) is 5.28. The van der Waals surface area contributed by atoms with E-state index in [0.29, 0.717) is 6.54 Å². The minimum atomic E-state index is -3.67. The quantitative estimate of drug-likeness (QED) is 0.904. The Balaban J connectivity index is 2.20. The van der Waals surface area contributed by atoms with E-state index >= 15 is 0 Å². The molecule has 1 aromatic heterocycles. The molecule has 0 unspecified atom stereocenters. The third-order valence-electron chi connectivity index (χ3n) is 2.63. The lowest BCUT2D eigenvalue weighted by Crippen LogP contribution is -2.13. The molecule has 0 aliphatic heterocycles. The molecule has 0 aliphatic carbocycles. The van der Waals surface area contributed by atoms with Crippen molar-refractivity contribution in [2.24, 2.45) is 5.14 Å². The van der Waals surface area contributed by atoms with Crippen LogP contribution in [0.3, 0.4) is 0 Å². The average molecular weight is 297 g/mol. The lowest BCUT2D eigenvalue weighted by molar-refractivity contribution is 0.598. The molecule has 3 N–H and O–H groups in total. The topological polar surface area (TPSA) is 85.1 Å². The van der Waals surface area contributed by atoms with Crippen molar-refractivity contribution in [1.82, 2.24) is 4.98 Å². The van der Waals surface area contributed by atoms with Gasteiger partial charge >= 0.3 is 0 Å². The molecule has 2 aromatic rings. The van der Waals surface area contributed by atoms with E-state index in [1.165, 1.54) is 6.07 Å². The van der Waals surface area contributed by atoms with E-state index in [0.717, 1.165) is 22.0 Å². The first-order valence-electron chi connectivity index (χ1n) is 5.64. The molecule has 1 aromatic carbocycles. The van der Waals surface area contributed by atoms with Crippen LogP contribution in [-0.4, -0.2) is 13.4 Å². The van der Waals surface area contributed by atoms with Gasteiger partial charge in [-0.25, -0.2) is 18.5 Å². The number of nitrogens with zero attached hydrogens (tertiary/aromatic N) is 1. The number of hydrogen-bond acceptors (Lipinski definition) is 5. The summed E-state index contributed by atoms with van der Waals surface area (Å²) in [6.07, 6.45) is 0. The molecule has 1 heterocycles. The molecular formula is C12H15N3O2S2. The van der Waals surface area contributed by atoms with Crippen LogP contribution in [0.4, 0.5) is 5.69 Å². The van der Waals surface area contributed by atoms with Gasteiger partial charge in [-0.15, -0.1) is 11.3 Å². The van der Waals surface area contributed by atoms with E-state index in [1.807, 2.05) is 19.2 Å². The Hall–Kier alpha value is -1.44. The zero-order valence-corrected chi connectivity index (χ0v) is 12.3. The Bertz CT molecular complexity index is 693. The zero-order chi connectivity index (χ0) is 14.0. The summed E-state index contributed by atoms with van der Waals surface area (Å²) in [6, 6.07) is 4.78. The highest BCUT2D eigenvalue weighted by molar-refractivity contribution is 7.89. The molecule has 2 rings (SSSR count). The van der Waals surface area contributed by atoms with E-state index in [9.17, 15) is 8.42 Å². The van der Waals surface area contributed by atoms with Gasteiger partial charge in [-0.3, -0.25) is 0 Å². The normalized spacial score (nSPS) is 11.5. The monoisotopic (exact) mass is 297 g/mol. The van der Waals surface area contributed by atoms with Gasteiger partial charge in [0.05, 0.1) is 11.4 Å². The van der Waals surface area contributed by atoms with Gasteiger partial charge in [-0.2, -0.15) is 0 Å². The van der Waals surface area contributed by atoms with E-state index < -0.39 is 10.0 Å². The van der Waals surface area contributed by atoms with Gasteiger partial charge in [-0.05, 0) is 31.5 Å². The maximum Gasteiger partial charge on any atom is 0.238 e. The summed E-state index contributed by atoms with van der Waals surface area (Å²) in [5.74, 6) is 0. The van der Waals surface area contributed by atoms with Gasteiger partial charge < -0.3 is 5.32 Å². The summed E-state index contributed by atoms with van der Waals surface area (Å²) < 4.78 is 22.6. The predicted octanol–water partition coefficient (Wildman–Crippen LogP) is 2.02. The highest BCUT2D eigenvalue weighted by Crippen LogP contribution is 2.20. The molecule has 19 heavy (non-hydrogen) atoms. The average Bonchev–Trinajstić information content (AvgIpc) is 2.72. The molecule has 5 nitrogen and oxygen atoms in total. The highest BCUT2D eigenvalue weighted by Gasteiger charge is 2.10. The molecular weight excluding hydrogens is 282 g/mol. The van der Waals surface area contributed by atoms with E-state index in [4.69, 9.17) is 5.14 Å². The van der Waals surface area contributed by atoms with Crippen LogP contribution in [0.5, 0.6) is 0 Å². The first kappa shape index (κ1) is 14.0. The molecule has 102 valence electrons. The summed E-state index contributed by atoms with van der Waals surface area (Å²) >= 11 is 1.57. The van der Waals surface area contributed by atoms with E-state index in [-0.39, 0.29) is 4.90 Å².